The van der Waals surface area contributed by atoms with Crippen LogP contribution in [0.2, 0.25) is 0 Å². The van der Waals surface area contributed by atoms with E-state index >= 15 is 9.59 Å². The number of hydrogen-bond donors (Lipinski definition) is 16. The average Bonchev–Trinajstić information content (AvgIpc) is 2.67. The highest BCUT2D eigenvalue weighted by molar-refractivity contribution is 7.98. The van der Waals surface area contributed by atoms with Crippen molar-refractivity contribution in [1.29, 1.82) is 0 Å². The molecule has 0 saturated carbocycles. The predicted molar refractivity (Wildman–Crippen MR) is 305 cm³/mol. The highest BCUT2D eigenvalue weighted by Gasteiger charge is 2.52. The number of aliphatic hydroxyl groups is 7. The van der Waals surface area contributed by atoms with Crippen molar-refractivity contribution in [3.8, 4) is 11.1 Å². The molecule has 0 bridgehead atoms. The SMILES string of the molecule is C[C@@H](c1ccccc1)[C@@H]1NC(=O)CNC(=O)[C@H](CO)NC(=O)[C@@H]([C@@H](O)[C@@H]2CN=C(N)N2[C@H]2O[C@H](CO)[C@@H](O)[C@H](O)[C@@H]2O)NC(=O)[C@H]([C@H](O)[C@@H]2CN=C(N)N2)NC(=O)[C@@H](Cc2ccc3nc(SCc4ccc(-c5ccccc5)cc4)oc3c2)NC1=O. The van der Waals surface area contributed by atoms with Gasteiger partial charge in [-0.3, -0.25) is 38.8 Å². The number of carbonyl (C=O) groups is 6. The molecule has 4 aliphatic heterocycles. The van der Waals surface area contributed by atoms with Gasteiger partial charge in [0, 0.05) is 18.1 Å². The highest BCUT2D eigenvalue weighted by atomic mass is 32.2. The van der Waals surface area contributed by atoms with Crippen LogP contribution >= 0.6 is 11.8 Å². The van der Waals surface area contributed by atoms with Crippen molar-refractivity contribution < 1.29 is 73.7 Å². The summed E-state index contributed by atoms with van der Waals surface area (Å²) in [6.07, 6.45) is -13.5. The Balaban J connectivity index is 1.05. The van der Waals surface area contributed by atoms with Gasteiger partial charge in [-0.15, -0.1) is 0 Å². The van der Waals surface area contributed by atoms with E-state index in [1.165, 1.54) is 11.8 Å². The van der Waals surface area contributed by atoms with Gasteiger partial charge in [-0.25, -0.2) is 4.98 Å². The van der Waals surface area contributed by atoms with Gasteiger partial charge in [0.2, 0.25) is 35.4 Å². The smallest absolute Gasteiger partial charge is 0.257 e. The zero-order chi connectivity index (χ0) is 60.6. The van der Waals surface area contributed by atoms with Crippen LogP contribution in [0, 0.1) is 0 Å². The van der Waals surface area contributed by atoms with Crippen molar-refractivity contribution in [3.63, 3.8) is 0 Å². The minimum atomic E-state index is -2.27. The summed E-state index contributed by atoms with van der Waals surface area (Å²) in [5.74, 6) is -7.67. The lowest BCUT2D eigenvalue weighted by Crippen LogP contribution is -2.70. The second-order valence-electron chi connectivity index (χ2n) is 20.9. The van der Waals surface area contributed by atoms with Crippen LogP contribution in [0.3, 0.4) is 0 Å². The number of carbonyl (C=O) groups excluding carboxylic acids is 6. The Kier molecular flexibility index (Phi) is 19.6. The monoisotopic (exact) mass is 1190 g/mol. The zero-order valence-electron chi connectivity index (χ0n) is 45.7. The van der Waals surface area contributed by atoms with Gasteiger partial charge in [0.05, 0.1) is 44.9 Å². The summed E-state index contributed by atoms with van der Waals surface area (Å²) in [6.45, 7) is -1.90. The van der Waals surface area contributed by atoms with E-state index in [2.05, 4.69) is 52.2 Å². The molecule has 28 nitrogen and oxygen atoms in total. The molecule has 29 heteroatoms. The topological polar surface area (TPSA) is 443 Å². The largest absolute Gasteiger partial charge is 0.431 e. The van der Waals surface area contributed by atoms with Crippen molar-refractivity contribution in [2.45, 2.75) is 115 Å². The fraction of sp³-hybridized carbons (Fsp3) is 0.411. The second-order valence-corrected chi connectivity index (χ2v) is 21.9. The zero-order valence-corrected chi connectivity index (χ0v) is 46.5. The third kappa shape index (κ3) is 14.1. The van der Waals surface area contributed by atoms with E-state index in [0.29, 0.717) is 33.2 Å². The fourth-order valence-corrected chi connectivity index (χ4v) is 11.2. The number of aliphatic hydroxyl groups excluding tert-OH is 7. The first kappa shape index (κ1) is 61.3. The van der Waals surface area contributed by atoms with E-state index in [1.54, 1.807) is 55.5 Å². The van der Waals surface area contributed by atoms with Gasteiger partial charge >= 0.3 is 0 Å². The molecule has 18 N–H and O–H groups in total. The number of aromatic nitrogens is 1. The van der Waals surface area contributed by atoms with Crippen LogP contribution in [0.25, 0.3) is 22.2 Å². The lowest BCUT2D eigenvalue weighted by Gasteiger charge is -2.46. The molecule has 15 atom stereocenters. The minimum absolute atomic E-state index is 0.142. The lowest BCUT2D eigenvalue weighted by molar-refractivity contribution is -0.260. The third-order valence-electron chi connectivity index (χ3n) is 15.2. The molecule has 5 heterocycles. The summed E-state index contributed by atoms with van der Waals surface area (Å²) in [6, 6.07) is 19.4. The summed E-state index contributed by atoms with van der Waals surface area (Å²) in [4.78, 5) is 101. The van der Waals surface area contributed by atoms with E-state index < -0.39 is 159 Å². The van der Waals surface area contributed by atoms with E-state index in [0.717, 1.165) is 21.6 Å². The van der Waals surface area contributed by atoms with Gasteiger partial charge in [-0.05, 0) is 39.9 Å². The standard InChI is InChI=1S/C56H67N13O15S/c1-26(29-8-4-2-5-9-29)40-50(80)62-33(18-28-14-17-32-37(19-28)84-56(65-32)85-25-27-12-15-31(16-13-27)30-10-6-3-7-11-30)49(79)67-41(43(73)34-20-60-54(57)64-34)52(82)68-42(51(81)63-35(23-70)48(78)59-22-39(72)66-40)44(74)36-21-61-55(58)69(36)53-47(77)46(76)45(75)38(24-71)83-53/h2-17,19,26,33-36,38,40-47,53,70-71,73-77H,18,20-25H2,1H3,(H2,58,61)(H,59,78)(H,62,80)(H,63,81)(H,66,72)(H,67,79)(H,68,82)(H3,57,60,64)/t26-,33+,34-,35-,36-,38+,40-,41-,42+,43+,44-,45+,46-,47-,53-/m0/s1. The normalized spacial score (nSPS) is 28.4. The number of amides is 6. The number of rotatable bonds is 15. The number of thioether (sulfide) groups is 1. The van der Waals surface area contributed by atoms with Crippen LogP contribution in [0.5, 0.6) is 0 Å². The number of guanidine groups is 2. The molecule has 2 fully saturated rings. The molecule has 2 saturated heterocycles. The number of nitrogens with zero attached hydrogens (tertiary/aromatic N) is 4. The molecule has 4 aliphatic rings. The summed E-state index contributed by atoms with van der Waals surface area (Å²) in [5.41, 5.74) is 17.1. The number of hydrogen-bond acceptors (Lipinski definition) is 23. The van der Waals surface area contributed by atoms with Gasteiger partial charge in [0.15, 0.2) is 23.7 Å². The summed E-state index contributed by atoms with van der Waals surface area (Å²) in [7, 11) is 0. The van der Waals surface area contributed by atoms with Crippen LogP contribution in [0.4, 0.5) is 0 Å². The first-order valence-corrected chi connectivity index (χ1v) is 28.2. The van der Waals surface area contributed by atoms with Crippen molar-refractivity contribution in [1.82, 2.24) is 47.1 Å². The molecule has 0 radical (unpaired) electrons. The fourth-order valence-electron chi connectivity index (χ4n) is 10.4. The first-order valence-electron chi connectivity index (χ1n) is 27.2. The second kappa shape index (κ2) is 27.2. The van der Waals surface area contributed by atoms with E-state index in [1.807, 2.05) is 54.6 Å². The van der Waals surface area contributed by atoms with Gasteiger partial charge in [-0.2, -0.15) is 0 Å². The Morgan fingerprint density at radius 2 is 1.29 bits per heavy atom. The molecular formula is C56H67N13O15S. The highest BCUT2D eigenvalue weighted by Crippen LogP contribution is 2.31. The quantitative estimate of drug-likeness (QED) is 0.0439. The van der Waals surface area contributed by atoms with E-state index in [-0.39, 0.29) is 18.9 Å². The lowest BCUT2D eigenvalue weighted by atomic mass is 9.92. The van der Waals surface area contributed by atoms with Crippen LogP contribution in [0.15, 0.2) is 123 Å². The Bertz CT molecular complexity index is 3270. The Morgan fingerprint density at radius 3 is 1.98 bits per heavy atom. The van der Waals surface area contributed by atoms with Gasteiger partial charge in [-0.1, -0.05) is 110 Å². The van der Waals surface area contributed by atoms with Gasteiger partial charge < -0.3 is 98.5 Å². The molecule has 0 spiro atoms. The maximum absolute atomic E-state index is 15.1. The molecule has 0 aliphatic carbocycles. The summed E-state index contributed by atoms with van der Waals surface area (Å²) in [5, 5.41) is 95.0. The molecule has 0 unspecified atom stereocenters. The summed E-state index contributed by atoms with van der Waals surface area (Å²) >= 11 is 1.35. The van der Waals surface area contributed by atoms with Crippen molar-refractivity contribution in [2.24, 2.45) is 21.5 Å². The Morgan fingerprint density at radius 1 is 0.659 bits per heavy atom. The van der Waals surface area contributed by atoms with Crippen molar-refractivity contribution >= 4 is 70.2 Å². The molecule has 85 heavy (non-hydrogen) atoms. The molecule has 9 rings (SSSR count). The van der Waals surface area contributed by atoms with Gasteiger partial charge in [0.1, 0.15) is 72.3 Å². The van der Waals surface area contributed by atoms with Gasteiger partial charge in [0.25, 0.3) is 5.22 Å². The Labute approximate surface area is 489 Å². The maximum Gasteiger partial charge on any atom is 0.257 e. The summed E-state index contributed by atoms with van der Waals surface area (Å²) < 4.78 is 11.9. The van der Waals surface area contributed by atoms with Crippen molar-refractivity contribution in [3.05, 3.63) is 120 Å². The molecule has 6 amide bonds. The molecule has 4 aromatic carbocycles. The number of nitrogens with two attached hydrogens (primary N) is 2. The van der Waals surface area contributed by atoms with E-state index in [9.17, 15) is 54.9 Å². The van der Waals surface area contributed by atoms with E-state index in [4.69, 9.17) is 20.6 Å². The molecule has 452 valence electrons. The average molecular weight is 1190 g/mol. The number of benzene rings is 4. The van der Waals surface area contributed by atoms with Crippen molar-refractivity contribution in [2.75, 3.05) is 32.8 Å². The maximum atomic E-state index is 15.1. The molecular weight excluding hydrogens is 1130 g/mol. The number of aliphatic imine (C=N–C) groups is 2. The predicted octanol–water partition coefficient (Wildman–Crippen LogP) is -4.51. The third-order valence-corrected chi connectivity index (χ3v) is 16.1. The first-order chi connectivity index (χ1) is 40.8. The van der Waals surface area contributed by atoms with Crippen LogP contribution < -0.4 is 48.7 Å². The molecule has 5 aromatic rings. The minimum Gasteiger partial charge on any atom is -0.431 e. The van der Waals surface area contributed by atoms with Crippen LogP contribution in [-0.2, 0) is 45.7 Å². The number of ether oxygens (including phenoxy) is 1. The molecule has 1 aromatic heterocycles. The number of oxazole rings is 1. The van der Waals surface area contributed by atoms with Crippen LogP contribution in [-0.4, -0.2) is 211 Å². The Hall–Kier alpha value is -8.26. The van der Waals surface area contributed by atoms with Crippen LogP contribution in [0.1, 0.15) is 29.5 Å². The number of nitrogens with one attached hydrogen (secondary N) is 7. The number of fused-ring (bicyclic) bond motifs is 1.